The van der Waals surface area contributed by atoms with Gasteiger partial charge in [-0.3, -0.25) is 19.6 Å². The quantitative estimate of drug-likeness (QED) is 0.0713. The topological polar surface area (TPSA) is 116 Å². The van der Waals surface area contributed by atoms with Gasteiger partial charge in [0.2, 0.25) is 5.95 Å². The van der Waals surface area contributed by atoms with Gasteiger partial charge >= 0.3 is 0 Å². The molecule has 3 heterocycles. The summed E-state index contributed by atoms with van der Waals surface area (Å²) in [7, 11) is 0. The lowest BCUT2D eigenvalue weighted by Gasteiger charge is -2.07. The van der Waals surface area contributed by atoms with Gasteiger partial charge in [-0.15, -0.1) is 12.4 Å². The highest BCUT2D eigenvalue weighted by Gasteiger charge is 2.06. The van der Waals surface area contributed by atoms with Crippen LogP contribution in [0.5, 0.6) is 0 Å². The second-order valence-electron chi connectivity index (χ2n) is 9.35. The van der Waals surface area contributed by atoms with Gasteiger partial charge < -0.3 is 10.3 Å². The van der Waals surface area contributed by atoms with Gasteiger partial charge in [0, 0.05) is 75.1 Å². The number of benzene rings is 2. The van der Waals surface area contributed by atoms with Crippen LogP contribution in [0.4, 0.5) is 5.95 Å². The molecule has 236 valence electrons. The Morgan fingerprint density at radius 1 is 0.822 bits per heavy atom. The van der Waals surface area contributed by atoms with Crippen molar-refractivity contribution in [3.63, 3.8) is 0 Å². The van der Waals surface area contributed by atoms with Crippen LogP contribution in [0, 0.1) is 0 Å². The fourth-order valence-electron chi connectivity index (χ4n) is 3.85. The molecule has 5 aromatic rings. The summed E-state index contributed by atoms with van der Waals surface area (Å²) in [6.07, 6.45) is 7.99. The van der Waals surface area contributed by atoms with E-state index in [1.807, 2.05) is 66.9 Å². The molecule has 0 amide bonds. The predicted octanol–water partition coefficient (Wildman–Crippen LogP) is 7.67. The fraction of sp³-hybridized carbons (Fsp3) is 0.194. The molecule has 0 atom stereocenters. The van der Waals surface area contributed by atoms with Crippen molar-refractivity contribution >= 4 is 81.0 Å². The van der Waals surface area contributed by atoms with Gasteiger partial charge in [-0.05, 0) is 69.7 Å². The van der Waals surface area contributed by atoms with Crippen LogP contribution in [0.1, 0.15) is 27.9 Å². The van der Waals surface area contributed by atoms with E-state index < -0.39 is 0 Å². The Morgan fingerprint density at radius 2 is 1.40 bits per heavy atom. The maximum Gasteiger partial charge on any atom is 0.255 e. The molecule has 8 nitrogen and oxygen atoms in total. The molecular weight excluding hydrogens is 739 g/mol. The average molecular weight is 769 g/mol. The lowest BCUT2D eigenvalue weighted by Crippen LogP contribution is -2.18. The third-order valence-corrected chi connectivity index (χ3v) is 8.93. The Kier molecular flexibility index (Phi) is 15.5. The molecule has 0 aliphatic heterocycles. The molecule has 0 aliphatic rings. The van der Waals surface area contributed by atoms with E-state index in [9.17, 15) is 9.59 Å². The predicted molar refractivity (Wildman–Crippen MR) is 194 cm³/mol. The van der Waals surface area contributed by atoms with Crippen LogP contribution in [-0.2, 0) is 18.6 Å². The van der Waals surface area contributed by atoms with E-state index in [0.717, 1.165) is 32.8 Å². The number of aromatic nitrogens is 5. The molecule has 0 bridgehead atoms. The van der Waals surface area contributed by atoms with Crippen molar-refractivity contribution in [2.45, 2.75) is 23.8 Å². The second kappa shape index (κ2) is 19.0. The summed E-state index contributed by atoms with van der Waals surface area (Å²) in [4.78, 5) is 42.3. The number of thioether (sulfide) groups is 2. The smallest absolute Gasteiger partial charge is 0.255 e. The van der Waals surface area contributed by atoms with Gasteiger partial charge in [0.1, 0.15) is 0 Å². The Bertz CT molecular complexity index is 1770. The highest BCUT2D eigenvalue weighted by atomic mass is 79.9. The number of pyridine rings is 1. The number of halogens is 4. The van der Waals surface area contributed by atoms with Crippen molar-refractivity contribution < 1.29 is 0 Å². The number of rotatable bonds is 11. The molecule has 0 aliphatic carbocycles. The van der Waals surface area contributed by atoms with E-state index in [0.29, 0.717) is 51.7 Å². The van der Waals surface area contributed by atoms with Gasteiger partial charge in [0.05, 0.1) is 5.69 Å². The number of anilines is 1. The van der Waals surface area contributed by atoms with Crippen molar-refractivity contribution in [3.05, 3.63) is 142 Å². The average Bonchev–Trinajstić information content (AvgIpc) is 3.02. The van der Waals surface area contributed by atoms with Crippen LogP contribution in [0.2, 0.25) is 10.0 Å². The summed E-state index contributed by atoms with van der Waals surface area (Å²) >= 11 is 18.4. The molecule has 45 heavy (non-hydrogen) atoms. The standard InChI is InChI=1S/C19H18BrClN4OS.C12H11ClN2OS.ClH/c20-16-2-1-7-22-17(16)12-27-9-8-23-19-24-11-14(18(26)25-19)10-13-3-5-15(21)6-4-13;1-17-12-14-7-9(11(16)15-12)6-8-2-4-10(13)5-3-8;/h1-7,11H,8-10,12H2,(H2,23,24,25,26);2-5,7H,6H2,1H3,(H,14,15,16);1H. The van der Waals surface area contributed by atoms with Crippen molar-refractivity contribution in [2.24, 2.45) is 0 Å². The van der Waals surface area contributed by atoms with Gasteiger partial charge in [0.15, 0.2) is 5.16 Å². The molecule has 3 aromatic heterocycles. The molecule has 0 fully saturated rings. The van der Waals surface area contributed by atoms with Crippen molar-refractivity contribution in [2.75, 3.05) is 23.9 Å². The monoisotopic (exact) mass is 766 g/mol. The maximum absolute atomic E-state index is 12.2. The number of nitrogens with one attached hydrogen (secondary N) is 3. The lowest BCUT2D eigenvalue weighted by atomic mass is 10.1. The van der Waals surface area contributed by atoms with Gasteiger partial charge in [0.25, 0.3) is 11.1 Å². The molecular formula is C31H30BrCl3N6O2S2. The summed E-state index contributed by atoms with van der Waals surface area (Å²) in [6.45, 7) is 0.703. The van der Waals surface area contributed by atoms with Crippen molar-refractivity contribution in [3.8, 4) is 0 Å². The first-order chi connectivity index (χ1) is 21.3. The summed E-state index contributed by atoms with van der Waals surface area (Å²) in [5.41, 5.74) is 4.15. The highest BCUT2D eigenvalue weighted by molar-refractivity contribution is 9.10. The zero-order valence-corrected chi connectivity index (χ0v) is 29.6. The SMILES string of the molecule is CSc1ncc(Cc2ccc(Cl)cc2)c(=O)[nH]1.Cl.O=c1[nH]c(NCCSCc2ncccc2Br)ncc1Cc1ccc(Cl)cc1. The van der Waals surface area contributed by atoms with Crippen LogP contribution < -0.4 is 16.4 Å². The minimum atomic E-state index is -0.132. The molecule has 5 rings (SSSR count). The molecule has 0 spiro atoms. The third kappa shape index (κ3) is 12.1. The Hall–Kier alpha value is -2.80. The number of aromatic amines is 2. The highest BCUT2D eigenvalue weighted by Crippen LogP contribution is 2.19. The summed E-state index contributed by atoms with van der Waals surface area (Å²) in [5, 5.41) is 5.15. The van der Waals surface area contributed by atoms with Gasteiger partial charge in [-0.1, -0.05) is 59.2 Å². The molecule has 0 radical (unpaired) electrons. The van der Waals surface area contributed by atoms with Crippen molar-refractivity contribution in [1.29, 1.82) is 0 Å². The third-order valence-electron chi connectivity index (χ3n) is 6.14. The van der Waals surface area contributed by atoms with Crippen LogP contribution in [0.3, 0.4) is 0 Å². The number of nitrogens with zero attached hydrogens (tertiary/aromatic N) is 3. The molecule has 3 N–H and O–H groups in total. The van der Waals surface area contributed by atoms with Crippen LogP contribution >= 0.6 is 75.1 Å². The maximum atomic E-state index is 12.2. The zero-order valence-electron chi connectivity index (χ0n) is 24.1. The van der Waals surface area contributed by atoms with Gasteiger partial charge in [-0.2, -0.15) is 11.8 Å². The Labute approximate surface area is 294 Å². The van der Waals surface area contributed by atoms with E-state index in [-0.39, 0.29) is 23.5 Å². The first-order valence-electron chi connectivity index (χ1n) is 13.4. The number of hydrogen-bond donors (Lipinski definition) is 3. The molecule has 0 saturated carbocycles. The first-order valence-corrected chi connectivity index (χ1v) is 17.3. The Morgan fingerprint density at radius 3 is 1.93 bits per heavy atom. The molecule has 0 unspecified atom stereocenters. The Balaban J connectivity index is 0.000000265. The van der Waals surface area contributed by atoms with E-state index in [1.54, 1.807) is 30.4 Å². The van der Waals surface area contributed by atoms with E-state index >= 15 is 0 Å². The van der Waals surface area contributed by atoms with E-state index in [2.05, 4.69) is 46.2 Å². The van der Waals surface area contributed by atoms with E-state index in [1.165, 1.54) is 11.8 Å². The second-order valence-corrected chi connectivity index (χ2v) is 13.0. The summed E-state index contributed by atoms with van der Waals surface area (Å²) in [6, 6.07) is 18.8. The normalized spacial score (nSPS) is 10.4. The molecule has 0 saturated heterocycles. The van der Waals surface area contributed by atoms with Crippen molar-refractivity contribution in [1.82, 2.24) is 24.9 Å². The first kappa shape index (κ1) is 36.7. The molecule has 14 heteroatoms. The fourth-order valence-corrected chi connectivity index (χ4v) is 5.85. The van der Waals surface area contributed by atoms with Crippen LogP contribution in [0.25, 0.3) is 0 Å². The summed E-state index contributed by atoms with van der Waals surface area (Å²) < 4.78 is 1.02. The van der Waals surface area contributed by atoms with Crippen LogP contribution in [0.15, 0.2) is 98.5 Å². The van der Waals surface area contributed by atoms with Crippen LogP contribution in [-0.4, -0.2) is 43.5 Å². The number of H-pyrrole nitrogens is 2. The lowest BCUT2D eigenvalue weighted by molar-refractivity contribution is 0.902. The number of hydrogen-bond acceptors (Lipinski definition) is 8. The van der Waals surface area contributed by atoms with E-state index in [4.69, 9.17) is 23.2 Å². The largest absolute Gasteiger partial charge is 0.355 e. The minimum Gasteiger partial charge on any atom is -0.355 e. The molecule has 2 aromatic carbocycles. The van der Waals surface area contributed by atoms with Gasteiger partial charge in [-0.25, -0.2) is 9.97 Å². The summed E-state index contributed by atoms with van der Waals surface area (Å²) in [5.74, 6) is 2.19. The zero-order chi connectivity index (χ0) is 31.3. The minimum absolute atomic E-state index is 0.